The first-order chi connectivity index (χ1) is 12.2. The molecular formula is C19H16F6O. The van der Waals surface area contributed by atoms with Crippen LogP contribution in [-0.4, -0.2) is 6.36 Å². The number of ether oxygens (including phenoxy) is 1. The molecule has 0 N–H and O–H groups in total. The van der Waals surface area contributed by atoms with Crippen LogP contribution in [0.1, 0.15) is 30.9 Å². The normalized spacial score (nSPS) is 17.1. The van der Waals surface area contributed by atoms with E-state index in [2.05, 4.69) is 4.74 Å². The highest BCUT2D eigenvalue weighted by Crippen LogP contribution is 2.38. The maximum atomic E-state index is 14.9. The summed E-state index contributed by atoms with van der Waals surface area (Å²) >= 11 is 0. The van der Waals surface area contributed by atoms with Crippen LogP contribution in [0.25, 0.3) is 11.1 Å². The summed E-state index contributed by atoms with van der Waals surface area (Å²) < 4.78 is 84.2. The van der Waals surface area contributed by atoms with E-state index in [-0.39, 0.29) is 29.0 Å². The van der Waals surface area contributed by atoms with E-state index in [9.17, 15) is 26.3 Å². The van der Waals surface area contributed by atoms with Crippen molar-refractivity contribution in [3.8, 4) is 16.9 Å². The number of alkyl halides is 3. The van der Waals surface area contributed by atoms with Gasteiger partial charge in [0.1, 0.15) is 11.6 Å². The van der Waals surface area contributed by atoms with Crippen molar-refractivity contribution in [2.24, 2.45) is 5.92 Å². The van der Waals surface area contributed by atoms with Gasteiger partial charge in [0.2, 0.25) is 0 Å². The molecule has 26 heavy (non-hydrogen) atoms. The SMILES string of the molecule is CCC1CCc2c(F)c(-c3ccc(OC(F)(F)F)cc3)c(F)c(F)c2C1. The molecule has 2 aromatic carbocycles. The third-order valence-electron chi connectivity index (χ3n) is 4.78. The van der Waals surface area contributed by atoms with Crippen molar-refractivity contribution in [1.82, 2.24) is 0 Å². The van der Waals surface area contributed by atoms with Gasteiger partial charge in [0.25, 0.3) is 0 Å². The van der Waals surface area contributed by atoms with Crippen LogP contribution in [0.4, 0.5) is 26.3 Å². The highest BCUT2D eigenvalue weighted by atomic mass is 19.4. The smallest absolute Gasteiger partial charge is 0.406 e. The van der Waals surface area contributed by atoms with E-state index in [0.717, 1.165) is 30.7 Å². The van der Waals surface area contributed by atoms with Gasteiger partial charge in [0.15, 0.2) is 11.6 Å². The second-order valence-electron chi connectivity index (χ2n) is 6.36. The first-order valence-electron chi connectivity index (χ1n) is 8.25. The van der Waals surface area contributed by atoms with Gasteiger partial charge in [0, 0.05) is 0 Å². The van der Waals surface area contributed by atoms with Crippen molar-refractivity contribution in [3.05, 3.63) is 52.8 Å². The monoisotopic (exact) mass is 374 g/mol. The Morgan fingerprint density at radius 2 is 1.62 bits per heavy atom. The van der Waals surface area contributed by atoms with Crippen molar-refractivity contribution >= 4 is 0 Å². The maximum absolute atomic E-state index is 14.9. The highest BCUT2D eigenvalue weighted by molar-refractivity contribution is 5.68. The first-order valence-corrected chi connectivity index (χ1v) is 8.25. The van der Waals surface area contributed by atoms with Crippen LogP contribution in [0.5, 0.6) is 5.75 Å². The number of benzene rings is 2. The summed E-state index contributed by atoms with van der Waals surface area (Å²) in [6, 6.07) is 4.02. The van der Waals surface area contributed by atoms with E-state index in [0.29, 0.717) is 12.8 Å². The quantitative estimate of drug-likeness (QED) is 0.460. The van der Waals surface area contributed by atoms with Gasteiger partial charge in [-0.3, -0.25) is 0 Å². The highest BCUT2D eigenvalue weighted by Gasteiger charge is 2.32. The van der Waals surface area contributed by atoms with Crippen molar-refractivity contribution in [2.75, 3.05) is 0 Å². The fraction of sp³-hybridized carbons (Fsp3) is 0.368. The molecule has 0 saturated heterocycles. The molecule has 2 aromatic rings. The summed E-state index contributed by atoms with van der Waals surface area (Å²) in [7, 11) is 0. The lowest BCUT2D eigenvalue weighted by atomic mass is 9.80. The number of hydrogen-bond donors (Lipinski definition) is 0. The van der Waals surface area contributed by atoms with Gasteiger partial charge >= 0.3 is 6.36 Å². The molecule has 1 unspecified atom stereocenters. The van der Waals surface area contributed by atoms with Crippen LogP contribution in [0.15, 0.2) is 24.3 Å². The Hall–Kier alpha value is -2.18. The van der Waals surface area contributed by atoms with E-state index in [4.69, 9.17) is 0 Å². The molecule has 1 nitrogen and oxygen atoms in total. The molecule has 0 fully saturated rings. The Kier molecular flexibility index (Phi) is 4.90. The fourth-order valence-electron chi connectivity index (χ4n) is 3.39. The van der Waals surface area contributed by atoms with Crippen LogP contribution >= 0.6 is 0 Å². The molecule has 0 radical (unpaired) electrons. The minimum Gasteiger partial charge on any atom is -0.406 e. The van der Waals surface area contributed by atoms with Gasteiger partial charge in [-0.05, 0) is 54.0 Å². The van der Waals surface area contributed by atoms with Crippen molar-refractivity contribution in [1.29, 1.82) is 0 Å². The average molecular weight is 374 g/mol. The minimum absolute atomic E-state index is 0.0474. The molecule has 1 aliphatic carbocycles. The lowest BCUT2D eigenvalue weighted by Gasteiger charge is -2.26. The van der Waals surface area contributed by atoms with Crippen LogP contribution in [0.3, 0.4) is 0 Å². The minimum atomic E-state index is -4.87. The molecule has 0 amide bonds. The Morgan fingerprint density at radius 1 is 0.962 bits per heavy atom. The second kappa shape index (κ2) is 6.85. The van der Waals surface area contributed by atoms with Gasteiger partial charge in [-0.25, -0.2) is 13.2 Å². The largest absolute Gasteiger partial charge is 0.573 e. The zero-order chi connectivity index (χ0) is 19.1. The summed E-state index contributed by atoms with van der Waals surface area (Å²) in [5.41, 5.74) is -0.387. The van der Waals surface area contributed by atoms with Crippen LogP contribution in [-0.2, 0) is 12.8 Å². The average Bonchev–Trinajstić information content (AvgIpc) is 2.59. The zero-order valence-electron chi connectivity index (χ0n) is 13.9. The predicted molar refractivity (Wildman–Crippen MR) is 84.2 cm³/mol. The second-order valence-corrected chi connectivity index (χ2v) is 6.36. The standard InChI is InChI=1S/C19H16F6O/c1-2-10-3-8-13-14(9-10)17(21)18(22)15(16(13)20)11-4-6-12(7-5-11)26-19(23,24)25/h4-7,10H,2-3,8-9H2,1H3. The number of fused-ring (bicyclic) bond motifs is 1. The van der Waals surface area contributed by atoms with Gasteiger partial charge in [-0.2, -0.15) is 0 Å². The van der Waals surface area contributed by atoms with Gasteiger partial charge in [-0.15, -0.1) is 13.2 Å². The number of halogens is 6. The summed E-state index contributed by atoms with van der Waals surface area (Å²) in [5, 5.41) is 0. The van der Waals surface area contributed by atoms with Crippen LogP contribution in [0.2, 0.25) is 0 Å². The van der Waals surface area contributed by atoms with E-state index in [1.165, 1.54) is 0 Å². The number of rotatable bonds is 3. The van der Waals surface area contributed by atoms with Gasteiger partial charge < -0.3 is 4.74 Å². The molecule has 7 heteroatoms. The third kappa shape index (κ3) is 3.52. The van der Waals surface area contributed by atoms with Crippen LogP contribution in [0, 0.1) is 23.4 Å². The molecule has 1 aliphatic rings. The molecular weight excluding hydrogens is 358 g/mol. The van der Waals surface area contributed by atoms with Crippen molar-refractivity contribution < 1.29 is 31.1 Å². The molecule has 0 bridgehead atoms. The lowest BCUT2D eigenvalue weighted by molar-refractivity contribution is -0.274. The van der Waals surface area contributed by atoms with E-state index < -0.39 is 35.1 Å². The predicted octanol–water partition coefficient (Wildman–Crippen LogP) is 6.18. The summed E-state index contributed by atoms with van der Waals surface area (Å²) in [4.78, 5) is 0. The maximum Gasteiger partial charge on any atom is 0.573 e. The van der Waals surface area contributed by atoms with E-state index >= 15 is 0 Å². The van der Waals surface area contributed by atoms with Crippen molar-refractivity contribution in [3.63, 3.8) is 0 Å². The molecule has 0 spiro atoms. The molecule has 0 aromatic heterocycles. The Labute approximate surface area is 146 Å². The van der Waals surface area contributed by atoms with Gasteiger partial charge in [0.05, 0.1) is 5.56 Å². The molecule has 0 saturated carbocycles. The lowest BCUT2D eigenvalue weighted by Crippen LogP contribution is -2.19. The Bertz CT molecular complexity index is 811. The topological polar surface area (TPSA) is 9.23 Å². The summed E-state index contributed by atoms with van der Waals surface area (Å²) in [5.74, 6) is -3.59. The number of hydrogen-bond acceptors (Lipinski definition) is 1. The summed E-state index contributed by atoms with van der Waals surface area (Å²) in [6.07, 6.45) is -2.80. The third-order valence-corrected chi connectivity index (χ3v) is 4.78. The van der Waals surface area contributed by atoms with Gasteiger partial charge in [-0.1, -0.05) is 25.5 Å². The molecule has 140 valence electrons. The van der Waals surface area contributed by atoms with Crippen LogP contribution < -0.4 is 4.74 Å². The van der Waals surface area contributed by atoms with Crippen molar-refractivity contribution in [2.45, 2.75) is 39.0 Å². The molecule has 1 atom stereocenters. The Morgan fingerprint density at radius 3 is 2.19 bits per heavy atom. The zero-order valence-corrected chi connectivity index (χ0v) is 13.9. The first kappa shape index (κ1) is 18.6. The molecule has 0 aliphatic heterocycles. The molecule has 3 rings (SSSR count). The summed E-state index contributed by atoms with van der Waals surface area (Å²) in [6.45, 7) is 1.94. The molecule has 0 heterocycles. The fourth-order valence-corrected chi connectivity index (χ4v) is 3.39. The van der Waals surface area contributed by atoms with E-state index in [1.807, 2.05) is 6.92 Å². The van der Waals surface area contributed by atoms with E-state index in [1.54, 1.807) is 0 Å². The Balaban J connectivity index is 2.02.